The third kappa shape index (κ3) is 2.28. The largest absolute Gasteiger partial charge is 0.623 e. The van der Waals surface area contributed by atoms with E-state index < -0.39 is 18.1 Å². The Bertz CT molecular complexity index is 637. The van der Waals surface area contributed by atoms with Gasteiger partial charge in [0.1, 0.15) is 0 Å². The molecule has 2 atom stereocenters. The van der Waals surface area contributed by atoms with Crippen molar-refractivity contribution < 1.29 is 14.3 Å². The number of esters is 1. The molecule has 0 bridgehead atoms. The van der Waals surface area contributed by atoms with Crippen LogP contribution in [0.4, 0.5) is 0 Å². The normalized spacial score (nSPS) is 22.0. The molecule has 4 heteroatoms. The van der Waals surface area contributed by atoms with Crippen LogP contribution < -0.4 is 0 Å². The molecule has 0 amide bonds. The Morgan fingerprint density at radius 1 is 0.900 bits per heavy atom. The molecule has 0 aliphatic carbocycles. The van der Waals surface area contributed by atoms with E-state index in [9.17, 15) is 10.0 Å². The molecule has 0 unspecified atom stereocenters. The first-order valence-electron chi connectivity index (χ1n) is 6.36. The van der Waals surface area contributed by atoms with Crippen molar-refractivity contribution in [3.63, 3.8) is 0 Å². The van der Waals surface area contributed by atoms with Crippen LogP contribution in [0.2, 0.25) is 0 Å². The SMILES string of the molecule is O=C1C=[N+]([O-])[C@H](c2ccccc2)[C@H](c2ccccc2)O1. The lowest BCUT2D eigenvalue weighted by Gasteiger charge is -2.28. The fourth-order valence-corrected chi connectivity index (χ4v) is 2.40. The summed E-state index contributed by atoms with van der Waals surface area (Å²) in [4.78, 5) is 11.5. The minimum atomic E-state index is -0.610. The van der Waals surface area contributed by atoms with Crippen molar-refractivity contribution in [3.05, 3.63) is 77.0 Å². The smallest absolute Gasteiger partial charge is 0.397 e. The Morgan fingerprint density at radius 2 is 1.45 bits per heavy atom. The zero-order valence-electron chi connectivity index (χ0n) is 10.7. The van der Waals surface area contributed by atoms with Crippen molar-refractivity contribution in [3.8, 4) is 0 Å². The molecule has 100 valence electrons. The monoisotopic (exact) mass is 267 g/mol. The van der Waals surface area contributed by atoms with Crippen molar-refractivity contribution in [2.75, 3.05) is 0 Å². The molecule has 2 aromatic carbocycles. The third-order valence-electron chi connectivity index (χ3n) is 3.31. The molecule has 4 nitrogen and oxygen atoms in total. The summed E-state index contributed by atoms with van der Waals surface area (Å²) in [6, 6.07) is 18.1. The van der Waals surface area contributed by atoms with Gasteiger partial charge in [-0.25, -0.2) is 4.79 Å². The van der Waals surface area contributed by atoms with E-state index in [2.05, 4.69) is 0 Å². The molecule has 20 heavy (non-hydrogen) atoms. The summed E-state index contributed by atoms with van der Waals surface area (Å²) >= 11 is 0. The maximum atomic E-state index is 12.1. The summed E-state index contributed by atoms with van der Waals surface area (Å²) in [6.45, 7) is 0. The van der Waals surface area contributed by atoms with Crippen LogP contribution in [0.5, 0.6) is 0 Å². The molecule has 2 aromatic rings. The van der Waals surface area contributed by atoms with Gasteiger partial charge in [0.05, 0.1) is 0 Å². The summed E-state index contributed by atoms with van der Waals surface area (Å²) in [5.41, 5.74) is 1.63. The second-order valence-electron chi connectivity index (χ2n) is 4.61. The van der Waals surface area contributed by atoms with Crippen LogP contribution in [-0.2, 0) is 9.53 Å². The molecule has 0 saturated heterocycles. The average Bonchev–Trinajstić information content (AvgIpc) is 2.48. The van der Waals surface area contributed by atoms with E-state index in [0.717, 1.165) is 17.3 Å². The van der Waals surface area contributed by atoms with E-state index in [1.54, 1.807) is 0 Å². The van der Waals surface area contributed by atoms with Crippen LogP contribution in [0.3, 0.4) is 0 Å². The van der Waals surface area contributed by atoms with Gasteiger partial charge in [-0.3, -0.25) is 0 Å². The van der Waals surface area contributed by atoms with Crippen molar-refractivity contribution >= 4 is 12.2 Å². The summed E-state index contributed by atoms with van der Waals surface area (Å²) < 4.78 is 6.05. The molecule has 0 radical (unpaired) electrons. The number of carbonyl (C=O) groups is 1. The molecule has 1 heterocycles. The molecule has 0 saturated carbocycles. The highest BCUT2D eigenvalue weighted by molar-refractivity contribution is 6.21. The number of nitrogens with zero attached hydrogens (tertiary/aromatic N) is 1. The van der Waals surface area contributed by atoms with E-state index in [0.29, 0.717) is 4.74 Å². The first-order chi connectivity index (χ1) is 9.75. The Kier molecular flexibility index (Phi) is 3.21. The number of rotatable bonds is 2. The minimum Gasteiger partial charge on any atom is -0.623 e. The summed E-state index contributed by atoms with van der Waals surface area (Å²) in [7, 11) is 0. The summed E-state index contributed by atoms with van der Waals surface area (Å²) in [5, 5.41) is 12.1. The molecule has 1 aliphatic rings. The van der Waals surface area contributed by atoms with Gasteiger partial charge in [-0.15, -0.1) is 0 Å². The van der Waals surface area contributed by atoms with Gasteiger partial charge >= 0.3 is 5.97 Å². The minimum absolute atomic E-state index is 0.559. The number of hydrogen-bond acceptors (Lipinski definition) is 3. The predicted molar refractivity (Wildman–Crippen MR) is 74.1 cm³/mol. The van der Waals surface area contributed by atoms with E-state index in [1.165, 1.54) is 0 Å². The lowest BCUT2D eigenvalue weighted by molar-refractivity contribution is -0.523. The molecule has 0 fully saturated rings. The lowest BCUT2D eigenvalue weighted by atomic mass is 9.95. The van der Waals surface area contributed by atoms with Crippen LogP contribution >= 0.6 is 0 Å². The Balaban J connectivity index is 2.07. The molecule has 3 rings (SSSR count). The quantitative estimate of drug-likeness (QED) is 0.477. The molecule has 1 aliphatic heterocycles. The van der Waals surface area contributed by atoms with Crippen LogP contribution in [0.1, 0.15) is 23.3 Å². The molecular weight excluding hydrogens is 254 g/mol. The first-order valence-corrected chi connectivity index (χ1v) is 6.36. The number of ether oxygens (including phenoxy) is 1. The van der Waals surface area contributed by atoms with Crippen molar-refractivity contribution in [1.29, 1.82) is 0 Å². The van der Waals surface area contributed by atoms with Crippen LogP contribution in [0.15, 0.2) is 60.7 Å². The van der Waals surface area contributed by atoms with Gasteiger partial charge in [0.15, 0.2) is 6.10 Å². The van der Waals surface area contributed by atoms with E-state index in [-0.39, 0.29) is 0 Å². The number of cyclic esters (lactones) is 1. The fourth-order valence-electron chi connectivity index (χ4n) is 2.40. The van der Waals surface area contributed by atoms with Gasteiger partial charge in [-0.05, 0) is 5.56 Å². The topological polar surface area (TPSA) is 52.4 Å². The van der Waals surface area contributed by atoms with E-state index >= 15 is 0 Å². The zero-order chi connectivity index (χ0) is 13.9. The Labute approximate surface area is 116 Å². The standard InChI is InChI=1S/C16H13NO3/c18-14-11-17(19)15(12-7-3-1-4-8-12)16(20-14)13-9-5-2-6-10-13/h1-11,15-16H/t15-,16+/m1/s1. The number of hydrogen-bond donors (Lipinski definition) is 0. The van der Waals surface area contributed by atoms with Crippen LogP contribution in [0.25, 0.3) is 0 Å². The van der Waals surface area contributed by atoms with Crippen LogP contribution in [-0.4, -0.2) is 16.9 Å². The van der Waals surface area contributed by atoms with Gasteiger partial charge in [-0.1, -0.05) is 60.7 Å². The number of carbonyl (C=O) groups excluding carboxylic acids is 1. The van der Waals surface area contributed by atoms with Crippen molar-refractivity contribution in [2.24, 2.45) is 0 Å². The summed E-state index contributed by atoms with van der Waals surface area (Å²) in [6.07, 6.45) is 0.352. The van der Waals surface area contributed by atoms with E-state index in [1.807, 2.05) is 60.7 Å². The third-order valence-corrected chi connectivity index (χ3v) is 3.31. The second-order valence-corrected chi connectivity index (χ2v) is 4.61. The molecule has 0 aromatic heterocycles. The van der Waals surface area contributed by atoms with Gasteiger partial charge in [0.25, 0.3) is 6.21 Å². The van der Waals surface area contributed by atoms with Crippen LogP contribution in [0, 0.1) is 5.21 Å². The zero-order valence-corrected chi connectivity index (χ0v) is 10.7. The van der Waals surface area contributed by atoms with Crippen molar-refractivity contribution in [2.45, 2.75) is 12.1 Å². The molecular formula is C16H13NO3. The summed E-state index contributed by atoms with van der Waals surface area (Å²) in [5.74, 6) is -0.610. The average molecular weight is 267 g/mol. The highest BCUT2D eigenvalue weighted by atomic mass is 16.6. The highest BCUT2D eigenvalue weighted by Gasteiger charge is 2.38. The second kappa shape index (κ2) is 5.17. The highest BCUT2D eigenvalue weighted by Crippen LogP contribution is 2.36. The fraction of sp³-hybridized carbons (Fsp3) is 0.125. The van der Waals surface area contributed by atoms with Crippen molar-refractivity contribution in [1.82, 2.24) is 0 Å². The number of hydroxylamine groups is 1. The Morgan fingerprint density at radius 3 is 2.05 bits per heavy atom. The predicted octanol–water partition coefficient (Wildman–Crippen LogP) is 2.61. The molecule has 0 N–H and O–H groups in total. The number of benzene rings is 2. The first kappa shape index (κ1) is 12.4. The maximum Gasteiger partial charge on any atom is 0.397 e. The van der Waals surface area contributed by atoms with Gasteiger partial charge in [0.2, 0.25) is 6.04 Å². The van der Waals surface area contributed by atoms with E-state index in [4.69, 9.17) is 4.74 Å². The van der Waals surface area contributed by atoms with Gasteiger partial charge in [0, 0.05) is 5.56 Å². The lowest BCUT2D eigenvalue weighted by Crippen LogP contribution is -2.33. The maximum absolute atomic E-state index is 12.1. The molecule has 0 spiro atoms. The Hall–Kier alpha value is -2.62. The van der Waals surface area contributed by atoms with Gasteiger partial charge in [-0.2, -0.15) is 4.74 Å². The van der Waals surface area contributed by atoms with Gasteiger partial charge < -0.3 is 9.94 Å².